The van der Waals surface area contributed by atoms with Gasteiger partial charge >= 0.3 is 5.97 Å². The summed E-state index contributed by atoms with van der Waals surface area (Å²) in [5.41, 5.74) is -0.323. The van der Waals surface area contributed by atoms with Gasteiger partial charge in [0, 0.05) is 6.54 Å². The summed E-state index contributed by atoms with van der Waals surface area (Å²) < 4.78 is 26.7. The maximum absolute atomic E-state index is 12.2. The first-order valence-corrected chi connectivity index (χ1v) is 7.52. The molecule has 1 aromatic carbocycles. The number of nitrogens with one attached hydrogen (secondary N) is 2. The molecule has 7 nitrogen and oxygen atoms in total. The maximum Gasteiger partial charge on any atom is 0.337 e. The molecular formula is C12H14N2O5S. The zero-order valence-corrected chi connectivity index (χ0v) is 11.3. The van der Waals surface area contributed by atoms with Crippen molar-refractivity contribution in [2.45, 2.75) is 23.8 Å². The van der Waals surface area contributed by atoms with Crippen molar-refractivity contribution in [2.24, 2.45) is 0 Å². The lowest BCUT2D eigenvalue weighted by molar-refractivity contribution is -0.124. The quantitative estimate of drug-likeness (QED) is 0.721. The van der Waals surface area contributed by atoms with Crippen LogP contribution >= 0.6 is 0 Å². The van der Waals surface area contributed by atoms with E-state index in [4.69, 9.17) is 5.11 Å². The third-order valence-electron chi connectivity index (χ3n) is 2.99. The van der Waals surface area contributed by atoms with Gasteiger partial charge in [-0.25, -0.2) is 13.2 Å². The third-order valence-corrected chi connectivity index (χ3v) is 4.52. The first-order chi connectivity index (χ1) is 9.42. The van der Waals surface area contributed by atoms with Crippen molar-refractivity contribution >= 4 is 21.9 Å². The zero-order valence-electron chi connectivity index (χ0n) is 10.5. The Balaban J connectivity index is 2.31. The molecule has 0 bridgehead atoms. The number of sulfonamides is 1. The van der Waals surface area contributed by atoms with Gasteiger partial charge in [0.1, 0.15) is 6.04 Å². The van der Waals surface area contributed by atoms with Gasteiger partial charge in [0.15, 0.2) is 0 Å². The molecule has 0 radical (unpaired) electrons. The number of hydrogen-bond acceptors (Lipinski definition) is 4. The fraction of sp³-hybridized carbons (Fsp3) is 0.333. The normalized spacial score (nSPS) is 19.4. The number of carboxylic acids is 1. The molecule has 1 aliphatic rings. The molecule has 1 amide bonds. The fourth-order valence-corrected chi connectivity index (χ4v) is 3.44. The van der Waals surface area contributed by atoms with Gasteiger partial charge < -0.3 is 10.4 Å². The van der Waals surface area contributed by atoms with Gasteiger partial charge in [-0.05, 0) is 25.0 Å². The Labute approximate surface area is 116 Å². The molecule has 1 fully saturated rings. The minimum atomic E-state index is -4.06. The highest BCUT2D eigenvalue weighted by molar-refractivity contribution is 7.89. The van der Waals surface area contributed by atoms with Gasteiger partial charge in [-0.3, -0.25) is 4.79 Å². The van der Waals surface area contributed by atoms with Crippen LogP contribution in [0.3, 0.4) is 0 Å². The van der Waals surface area contributed by atoms with Crippen LogP contribution in [-0.4, -0.2) is 38.0 Å². The lowest BCUT2D eigenvalue weighted by atomic mass is 10.1. The van der Waals surface area contributed by atoms with Crippen LogP contribution in [0.15, 0.2) is 29.2 Å². The van der Waals surface area contributed by atoms with Crippen LogP contribution < -0.4 is 10.0 Å². The molecule has 1 saturated heterocycles. The molecule has 0 aliphatic carbocycles. The summed E-state index contributed by atoms with van der Waals surface area (Å²) in [5, 5.41) is 11.6. The number of hydrogen-bond donors (Lipinski definition) is 3. The summed E-state index contributed by atoms with van der Waals surface area (Å²) in [6.45, 7) is 0.517. The third kappa shape index (κ3) is 2.97. The van der Waals surface area contributed by atoms with Crippen LogP contribution in [-0.2, 0) is 14.8 Å². The molecule has 0 saturated carbocycles. The van der Waals surface area contributed by atoms with E-state index in [1.54, 1.807) is 0 Å². The van der Waals surface area contributed by atoms with Crippen molar-refractivity contribution in [1.82, 2.24) is 10.0 Å². The smallest absolute Gasteiger partial charge is 0.337 e. The molecule has 3 N–H and O–H groups in total. The average molecular weight is 298 g/mol. The van der Waals surface area contributed by atoms with E-state index in [-0.39, 0.29) is 10.5 Å². The second-order valence-corrected chi connectivity index (χ2v) is 6.09. The first kappa shape index (κ1) is 14.5. The second kappa shape index (κ2) is 5.59. The summed E-state index contributed by atoms with van der Waals surface area (Å²) in [4.78, 5) is 22.3. The highest BCUT2D eigenvalue weighted by Crippen LogP contribution is 2.17. The Morgan fingerprint density at radius 1 is 1.35 bits per heavy atom. The number of carboxylic acid groups (broad SMARTS) is 1. The predicted molar refractivity (Wildman–Crippen MR) is 69.8 cm³/mol. The second-order valence-electron chi connectivity index (χ2n) is 4.41. The summed E-state index contributed by atoms with van der Waals surface area (Å²) in [5.74, 6) is -1.73. The molecule has 1 heterocycles. The number of amides is 1. The molecule has 20 heavy (non-hydrogen) atoms. The Morgan fingerprint density at radius 3 is 2.70 bits per heavy atom. The van der Waals surface area contributed by atoms with E-state index in [9.17, 15) is 18.0 Å². The van der Waals surface area contributed by atoms with Crippen molar-refractivity contribution in [2.75, 3.05) is 6.54 Å². The monoisotopic (exact) mass is 298 g/mol. The van der Waals surface area contributed by atoms with Gasteiger partial charge in [-0.1, -0.05) is 12.1 Å². The van der Waals surface area contributed by atoms with Gasteiger partial charge in [0.25, 0.3) is 0 Å². The Kier molecular flexibility index (Phi) is 4.05. The molecule has 1 atom stereocenters. The summed E-state index contributed by atoms with van der Waals surface area (Å²) >= 11 is 0. The molecule has 2 rings (SSSR count). The molecule has 0 aromatic heterocycles. The average Bonchev–Trinajstić information content (AvgIpc) is 2.41. The standard InChI is InChI=1S/C12H14N2O5S/c15-11-9(5-3-7-13-11)14-20(18,19)10-6-2-1-4-8(10)12(16)17/h1-2,4,6,9,14H,3,5,7H2,(H,13,15)(H,16,17)/t9-/m0/s1. The van der Waals surface area contributed by atoms with Crippen LogP contribution in [0.4, 0.5) is 0 Å². The fourth-order valence-electron chi connectivity index (χ4n) is 2.01. The first-order valence-electron chi connectivity index (χ1n) is 6.04. The molecule has 8 heteroatoms. The number of piperidine rings is 1. The van der Waals surface area contributed by atoms with Crippen molar-refractivity contribution < 1.29 is 23.1 Å². The molecule has 0 unspecified atom stereocenters. The molecule has 1 aliphatic heterocycles. The van der Waals surface area contributed by atoms with E-state index in [1.165, 1.54) is 24.3 Å². The van der Waals surface area contributed by atoms with E-state index in [2.05, 4.69) is 10.0 Å². The van der Waals surface area contributed by atoms with Crippen LogP contribution in [0.1, 0.15) is 23.2 Å². The zero-order chi connectivity index (χ0) is 14.8. The van der Waals surface area contributed by atoms with E-state index in [1.807, 2.05) is 0 Å². The van der Waals surface area contributed by atoms with Crippen LogP contribution in [0, 0.1) is 0 Å². The number of carbonyl (C=O) groups is 2. The summed E-state index contributed by atoms with van der Waals surface area (Å²) in [6.07, 6.45) is 1.06. The Bertz CT molecular complexity index is 641. The van der Waals surface area contributed by atoms with E-state index in [0.717, 1.165) is 0 Å². The van der Waals surface area contributed by atoms with Crippen molar-refractivity contribution in [3.63, 3.8) is 0 Å². The van der Waals surface area contributed by atoms with E-state index < -0.39 is 27.9 Å². The van der Waals surface area contributed by atoms with E-state index in [0.29, 0.717) is 19.4 Å². The van der Waals surface area contributed by atoms with Crippen molar-refractivity contribution in [1.29, 1.82) is 0 Å². The Hall–Kier alpha value is -1.93. The van der Waals surface area contributed by atoms with E-state index >= 15 is 0 Å². The van der Waals surface area contributed by atoms with Crippen molar-refractivity contribution in [3.8, 4) is 0 Å². The van der Waals surface area contributed by atoms with Gasteiger partial charge in [0.2, 0.25) is 15.9 Å². The minimum absolute atomic E-state index is 0.323. The summed E-state index contributed by atoms with van der Waals surface area (Å²) in [6, 6.07) is 4.41. The number of rotatable bonds is 4. The largest absolute Gasteiger partial charge is 0.478 e. The van der Waals surface area contributed by atoms with Gasteiger partial charge in [0.05, 0.1) is 10.5 Å². The lowest BCUT2D eigenvalue weighted by Crippen LogP contribution is -2.50. The highest BCUT2D eigenvalue weighted by atomic mass is 32.2. The number of carbonyl (C=O) groups excluding carboxylic acids is 1. The Morgan fingerprint density at radius 2 is 2.05 bits per heavy atom. The number of aromatic carboxylic acids is 1. The van der Waals surface area contributed by atoms with Crippen LogP contribution in [0.25, 0.3) is 0 Å². The SMILES string of the molecule is O=C(O)c1ccccc1S(=O)(=O)N[C@H]1CCCNC1=O. The molecule has 108 valence electrons. The topological polar surface area (TPSA) is 113 Å². The maximum atomic E-state index is 12.2. The minimum Gasteiger partial charge on any atom is -0.478 e. The number of benzene rings is 1. The lowest BCUT2D eigenvalue weighted by Gasteiger charge is -2.22. The van der Waals surface area contributed by atoms with Crippen molar-refractivity contribution in [3.05, 3.63) is 29.8 Å². The van der Waals surface area contributed by atoms with Crippen LogP contribution in [0.2, 0.25) is 0 Å². The summed E-state index contributed by atoms with van der Waals surface area (Å²) in [7, 11) is -4.06. The van der Waals surface area contributed by atoms with Gasteiger partial charge in [-0.15, -0.1) is 0 Å². The van der Waals surface area contributed by atoms with Crippen LogP contribution in [0.5, 0.6) is 0 Å². The molecule has 1 aromatic rings. The van der Waals surface area contributed by atoms with Gasteiger partial charge in [-0.2, -0.15) is 4.72 Å². The highest BCUT2D eigenvalue weighted by Gasteiger charge is 2.29. The molecular weight excluding hydrogens is 284 g/mol. The molecule has 0 spiro atoms. The predicted octanol–water partition coefficient (Wildman–Crippen LogP) is -0.0583.